The van der Waals surface area contributed by atoms with E-state index in [1.165, 1.54) is 0 Å². The van der Waals surface area contributed by atoms with Gasteiger partial charge >= 0.3 is 35.6 Å². The fourth-order valence-electron chi connectivity index (χ4n) is 0. The van der Waals surface area contributed by atoms with Crippen molar-refractivity contribution in [3.63, 3.8) is 0 Å². The van der Waals surface area contributed by atoms with Gasteiger partial charge in [0, 0.05) is 0 Å². The van der Waals surface area contributed by atoms with Gasteiger partial charge in [-0.25, -0.2) is 0 Å². The van der Waals surface area contributed by atoms with E-state index in [1.807, 2.05) is 0 Å². The minimum absolute atomic E-state index is 0. The zero-order chi connectivity index (χ0) is 3.58. The molecule has 0 unspecified atom stereocenters. The van der Waals surface area contributed by atoms with Crippen LogP contribution in [0.3, 0.4) is 0 Å². The van der Waals surface area contributed by atoms with Gasteiger partial charge in [0.05, 0.1) is 5.09 Å². The van der Waals surface area contributed by atoms with Gasteiger partial charge in [0.2, 0.25) is 0 Å². The summed E-state index contributed by atoms with van der Waals surface area (Å²) in [6.45, 7) is 0. The van der Waals surface area contributed by atoms with Gasteiger partial charge in [0.1, 0.15) is 0 Å². The zero-order valence-corrected chi connectivity index (χ0v) is 9.28. The van der Waals surface area contributed by atoms with Crippen LogP contribution in [0.2, 0.25) is 0 Å². The Kier molecular flexibility index (Phi) is 1510. The van der Waals surface area contributed by atoms with Gasteiger partial charge in [-0.05, 0) is 0 Å². The van der Waals surface area contributed by atoms with Crippen LogP contribution < -0.4 is 0 Å². The number of nitrogens with zero attached hydrogens (tertiary/aromatic N) is 1. The first-order valence-electron chi connectivity index (χ1n) is 0.548. The van der Waals surface area contributed by atoms with E-state index in [0.29, 0.717) is 0 Å². The molecule has 11 nitrogen and oxygen atoms in total. The summed E-state index contributed by atoms with van der Waals surface area (Å²) in [5.41, 5.74) is 0. The summed E-state index contributed by atoms with van der Waals surface area (Å²) in [4.78, 5) is 8.25. The molecule has 12 heavy (non-hydrogen) atoms. The van der Waals surface area contributed by atoms with Crippen LogP contribution >= 0.6 is 0 Å². The standard InChI is InChI=1S/La.NO3.6H2O.O/c;2-1(3)4;;;;;;;/h;;6*1H2;/q+3;-1;;;;;;;-2. The topological polar surface area (TPSA) is 284 Å². The molecule has 12 N–H and O–H groups in total. The molecule has 0 aliphatic carbocycles. The van der Waals surface area contributed by atoms with Gasteiger partial charge in [-0.2, -0.15) is 0 Å². The van der Waals surface area contributed by atoms with Crippen LogP contribution in [-0.4, -0.2) is 37.9 Å². The Hall–Kier alpha value is 0.115. The molecule has 0 heterocycles. The van der Waals surface area contributed by atoms with Crippen molar-refractivity contribution in [3.05, 3.63) is 15.3 Å². The molecule has 0 aromatic heterocycles. The summed E-state index contributed by atoms with van der Waals surface area (Å²) in [5, 5.41) is 14.8. The zero-order valence-electron chi connectivity index (χ0n) is 5.66. The van der Waals surface area contributed by atoms with Crippen LogP contribution in [0.15, 0.2) is 0 Å². The first-order chi connectivity index (χ1) is 1.73. The normalized spacial score (nSPS) is 2.00. The third-order valence-electron chi connectivity index (χ3n) is 0. The molecule has 0 aliphatic heterocycles. The first kappa shape index (κ1) is 154. The maximum absolute atomic E-state index is 8.25. The molecule has 0 rings (SSSR count). The van der Waals surface area contributed by atoms with E-state index in [9.17, 15) is 0 Å². The minimum atomic E-state index is -1.75. The maximum atomic E-state index is 8.25. The summed E-state index contributed by atoms with van der Waals surface area (Å²) in [6, 6.07) is 0. The van der Waals surface area contributed by atoms with E-state index >= 15 is 0 Å². The fourth-order valence-corrected chi connectivity index (χ4v) is 0. The van der Waals surface area contributed by atoms with E-state index in [1.54, 1.807) is 0 Å². The molecular formula is H12LaNO10. The van der Waals surface area contributed by atoms with Crippen LogP contribution in [-0.2, 0) is 5.48 Å². The molecule has 0 amide bonds. The first-order valence-corrected chi connectivity index (χ1v) is 0.548. The number of rotatable bonds is 0. The molecule has 12 heteroatoms. The van der Waals surface area contributed by atoms with Crippen LogP contribution in [0.4, 0.5) is 0 Å². The smallest absolute Gasteiger partial charge is 2.00 e. The van der Waals surface area contributed by atoms with Gasteiger partial charge < -0.3 is 53.7 Å². The quantitative estimate of drug-likeness (QED) is 0.311. The van der Waals surface area contributed by atoms with E-state index in [2.05, 4.69) is 0 Å². The second kappa shape index (κ2) is 117. The number of hydrogen-bond donors (Lipinski definition) is 0. The molecule has 0 saturated heterocycles. The monoisotopic (exact) mass is 325 g/mol. The average Bonchev–Trinajstić information content (AvgIpc) is 0.811. The maximum Gasteiger partial charge on any atom is 3.00 e. The molecule has 0 bridgehead atoms. The van der Waals surface area contributed by atoms with Gasteiger partial charge in [0.15, 0.2) is 0 Å². The van der Waals surface area contributed by atoms with Crippen molar-refractivity contribution in [2.45, 2.75) is 0 Å². The van der Waals surface area contributed by atoms with Crippen molar-refractivity contribution < 1.29 is 79.0 Å². The van der Waals surface area contributed by atoms with E-state index in [0.717, 1.165) is 0 Å². The van der Waals surface area contributed by atoms with Crippen LogP contribution in [0, 0.1) is 50.9 Å². The largest absolute Gasteiger partial charge is 3.00 e. The van der Waals surface area contributed by atoms with Crippen LogP contribution in [0.1, 0.15) is 0 Å². The van der Waals surface area contributed by atoms with Crippen molar-refractivity contribution in [1.82, 2.24) is 0 Å². The molecule has 0 fully saturated rings. The Morgan fingerprint density at radius 2 is 0.750 bits per heavy atom. The van der Waals surface area contributed by atoms with Crippen molar-refractivity contribution in [1.29, 1.82) is 0 Å². The van der Waals surface area contributed by atoms with Gasteiger partial charge in [-0.3, -0.25) is 0 Å². The summed E-state index contributed by atoms with van der Waals surface area (Å²) in [7, 11) is 0. The molecule has 0 aliphatic rings. The number of hydrogen-bond acceptors (Lipinski definition) is 3. The average molecular weight is 325 g/mol. The second-order valence-electron chi connectivity index (χ2n) is 0.224. The van der Waals surface area contributed by atoms with Crippen LogP contribution in [0.5, 0.6) is 0 Å². The van der Waals surface area contributed by atoms with Crippen molar-refractivity contribution in [3.8, 4) is 0 Å². The van der Waals surface area contributed by atoms with Crippen molar-refractivity contribution in [2.75, 3.05) is 0 Å². The third kappa shape index (κ3) is 63800. The second-order valence-corrected chi connectivity index (χ2v) is 0.224. The summed E-state index contributed by atoms with van der Waals surface area (Å²) in [6.07, 6.45) is 0. The Morgan fingerprint density at radius 1 is 0.750 bits per heavy atom. The van der Waals surface area contributed by atoms with Crippen molar-refractivity contribution in [2.24, 2.45) is 0 Å². The third-order valence-corrected chi connectivity index (χ3v) is 0. The predicted octanol–water partition coefficient (Wildman–Crippen LogP) is -5.31. The SMILES string of the molecule is O.O.O.O.O.O.O=[N+]([O-])[O-].[La+3].[O-2]. The molecule has 0 saturated carbocycles. The predicted molar refractivity (Wildman–Crippen MR) is 32.7 cm³/mol. The summed E-state index contributed by atoms with van der Waals surface area (Å²) < 4.78 is 0. The van der Waals surface area contributed by atoms with Gasteiger partial charge in [-0.15, -0.1) is 0 Å². The summed E-state index contributed by atoms with van der Waals surface area (Å²) >= 11 is 0. The molecule has 0 spiro atoms. The molecule has 0 radical (unpaired) electrons. The molecule has 0 atom stereocenters. The molecular weight excluding hydrogens is 313 g/mol. The van der Waals surface area contributed by atoms with E-state index in [-0.39, 0.29) is 73.9 Å². The van der Waals surface area contributed by atoms with E-state index < -0.39 is 5.09 Å². The Bertz CT molecular complexity index is 32.8. The Balaban J connectivity index is -0.00000000161. The molecule has 80 valence electrons. The van der Waals surface area contributed by atoms with Crippen molar-refractivity contribution >= 4 is 0 Å². The van der Waals surface area contributed by atoms with Gasteiger partial charge in [-0.1, -0.05) is 0 Å². The fraction of sp³-hybridized carbons (Fsp3) is 0. The Labute approximate surface area is 94.2 Å². The summed E-state index contributed by atoms with van der Waals surface area (Å²) in [5.74, 6) is 0. The van der Waals surface area contributed by atoms with Crippen LogP contribution in [0.25, 0.3) is 0 Å². The molecule has 0 aromatic carbocycles. The minimum Gasteiger partial charge on any atom is -2.00 e. The molecule has 0 aromatic rings. The van der Waals surface area contributed by atoms with Gasteiger partial charge in [0.25, 0.3) is 0 Å². The van der Waals surface area contributed by atoms with E-state index in [4.69, 9.17) is 15.3 Å². The Morgan fingerprint density at radius 3 is 0.750 bits per heavy atom.